The molecule has 0 rings (SSSR count). The van der Waals surface area contributed by atoms with E-state index in [1.807, 2.05) is 0 Å². The number of hydrogen-bond donors (Lipinski definition) is 0. The summed E-state index contributed by atoms with van der Waals surface area (Å²) in [4.78, 5) is 0. The lowest BCUT2D eigenvalue weighted by Crippen LogP contribution is -2.16. The highest BCUT2D eigenvalue weighted by molar-refractivity contribution is 4.72. The molecule has 0 radical (unpaired) electrons. The topological polar surface area (TPSA) is 0 Å². The molecule has 0 aromatic carbocycles. The van der Waals surface area contributed by atoms with Gasteiger partial charge in [0.2, 0.25) is 0 Å². The van der Waals surface area contributed by atoms with Crippen molar-refractivity contribution in [2.75, 3.05) is 0 Å². The molecule has 206 valence electrons. The summed E-state index contributed by atoms with van der Waals surface area (Å²) in [5.41, 5.74) is 0. The zero-order valence-corrected chi connectivity index (χ0v) is 25.0. The highest BCUT2D eigenvalue weighted by Gasteiger charge is 2.20. The molecular formula is C34H70. The predicted molar refractivity (Wildman–Crippen MR) is 159 cm³/mol. The molecule has 0 saturated carbocycles. The number of unbranched alkanes of at least 4 members (excludes halogenated alkanes) is 20. The first-order chi connectivity index (χ1) is 16.8. The molecule has 0 bridgehead atoms. The maximum absolute atomic E-state index is 2.34. The number of rotatable bonds is 29. The predicted octanol–water partition coefficient (Wildman–Crippen LogP) is 13.2. The summed E-state index contributed by atoms with van der Waals surface area (Å²) in [5.74, 6) is 2.06. The molecule has 0 amide bonds. The first-order valence-electron chi connectivity index (χ1n) is 16.8. The van der Waals surface area contributed by atoms with Crippen molar-refractivity contribution in [3.05, 3.63) is 0 Å². The van der Waals surface area contributed by atoms with Crippen LogP contribution < -0.4 is 0 Å². The van der Waals surface area contributed by atoms with Gasteiger partial charge in [-0.1, -0.05) is 207 Å². The summed E-state index contributed by atoms with van der Waals surface area (Å²) in [7, 11) is 0. The van der Waals surface area contributed by atoms with Gasteiger partial charge < -0.3 is 0 Å². The van der Waals surface area contributed by atoms with Crippen molar-refractivity contribution in [1.82, 2.24) is 0 Å². The van der Waals surface area contributed by atoms with Crippen LogP contribution in [0.15, 0.2) is 0 Å². The van der Waals surface area contributed by atoms with Crippen LogP contribution in [0.4, 0.5) is 0 Å². The van der Waals surface area contributed by atoms with Crippen molar-refractivity contribution >= 4 is 0 Å². The average molecular weight is 479 g/mol. The minimum absolute atomic E-state index is 1.03. The van der Waals surface area contributed by atoms with Crippen molar-refractivity contribution in [3.63, 3.8) is 0 Å². The number of hydrogen-bond acceptors (Lipinski definition) is 0. The third-order valence-electron chi connectivity index (χ3n) is 8.38. The zero-order valence-electron chi connectivity index (χ0n) is 25.0. The lowest BCUT2D eigenvalue weighted by molar-refractivity contribution is 0.236. The lowest BCUT2D eigenvalue weighted by Gasteiger charge is -2.28. The molecule has 0 spiro atoms. The summed E-state index contributed by atoms with van der Waals surface area (Å²) in [6, 6.07) is 0. The Morgan fingerprint density at radius 1 is 0.235 bits per heavy atom. The van der Waals surface area contributed by atoms with Gasteiger partial charge in [-0.15, -0.1) is 0 Å². The summed E-state index contributed by atoms with van der Waals surface area (Å²) in [5, 5.41) is 0. The van der Waals surface area contributed by atoms with Crippen LogP contribution in [0.2, 0.25) is 0 Å². The Hall–Kier alpha value is 0. The second kappa shape index (κ2) is 29.2. The fourth-order valence-electron chi connectivity index (χ4n) is 5.98. The Bertz CT molecular complexity index is 280. The molecule has 0 saturated heterocycles. The minimum Gasteiger partial charge on any atom is -0.0654 e. The molecule has 0 aromatic heterocycles. The molecule has 0 aliphatic heterocycles. The summed E-state index contributed by atoms with van der Waals surface area (Å²) >= 11 is 0. The first kappa shape index (κ1) is 34.0. The van der Waals surface area contributed by atoms with E-state index < -0.39 is 0 Å². The van der Waals surface area contributed by atoms with E-state index in [9.17, 15) is 0 Å². The van der Waals surface area contributed by atoms with E-state index >= 15 is 0 Å². The first-order valence-corrected chi connectivity index (χ1v) is 16.8. The van der Waals surface area contributed by atoms with Gasteiger partial charge in [0.15, 0.2) is 0 Å². The fraction of sp³-hybridized carbons (Fsp3) is 1.00. The van der Waals surface area contributed by atoms with E-state index in [2.05, 4.69) is 27.7 Å². The Labute approximate surface area is 219 Å². The van der Waals surface area contributed by atoms with Crippen LogP contribution in [0.3, 0.4) is 0 Å². The van der Waals surface area contributed by atoms with Crippen LogP contribution in [-0.4, -0.2) is 0 Å². The van der Waals surface area contributed by atoms with Gasteiger partial charge in [0.1, 0.15) is 0 Å². The van der Waals surface area contributed by atoms with Gasteiger partial charge in [0, 0.05) is 0 Å². The molecular weight excluding hydrogens is 408 g/mol. The van der Waals surface area contributed by atoms with Gasteiger partial charge in [-0.3, -0.25) is 0 Å². The second-order valence-electron chi connectivity index (χ2n) is 11.7. The van der Waals surface area contributed by atoms with Gasteiger partial charge in [0.25, 0.3) is 0 Å². The monoisotopic (exact) mass is 479 g/mol. The smallest absolute Gasteiger partial charge is 0.0386 e. The van der Waals surface area contributed by atoms with E-state index in [0.717, 1.165) is 11.8 Å². The van der Waals surface area contributed by atoms with E-state index in [4.69, 9.17) is 0 Å². The molecule has 0 unspecified atom stereocenters. The van der Waals surface area contributed by atoms with Gasteiger partial charge in [-0.25, -0.2) is 0 Å². The third-order valence-corrected chi connectivity index (χ3v) is 8.38. The van der Waals surface area contributed by atoms with Crippen molar-refractivity contribution in [1.29, 1.82) is 0 Å². The highest BCUT2D eigenvalue weighted by Crippen LogP contribution is 2.33. The van der Waals surface area contributed by atoms with E-state index in [1.54, 1.807) is 0 Å². The van der Waals surface area contributed by atoms with Crippen LogP contribution in [0.1, 0.15) is 207 Å². The van der Waals surface area contributed by atoms with E-state index in [1.165, 1.54) is 180 Å². The molecule has 0 heteroatoms. The highest BCUT2D eigenvalue weighted by atomic mass is 14.3. The quantitative estimate of drug-likeness (QED) is 0.0937. The van der Waals surface area contributed by atoms with Gasteiger partial charge in [-0.2, -0.15) is 0 Å². The fourth-order valence-corrected chi connectivity index (χ4v) is 5.98. The summed E-state index contributed by atoms with van der Waals surface area (Å²) in [6.45, 7) is 9.36. The van der Waals surface area contributed by atoms with Crippen LogP contribution in [-0.2, 0) is 0 Å². The van der Waals surface area contributed by atoms with Crippen LogP contribution in [0.25, 0.3) is 0 Å². The van der Waals surface area contributed by atoms with Crippen LogP contribution >= 0.6 is 0 Å². The molecule has 0 aromatic rings. The Balaban J connectivity index is 4.66. The Morgan fingerprint density at radius 3 is 0.618 bits per heavy atom. The van der Waals surface area contributed by atoms with Crippen molar-refractivity contribution < 1.29 is 0 Å². The van der Waals surface area contributed by atoms with Crippen LogP contribution in [0.5, 0.6) is 0 Å². The third kappa shape index (κ3) is 23.7. The van der Waals surface area contributed by atoms with Gasteiger partial charge in [-0.05, 0) is 11.8 Å². The van der Waals surface area contributed by atoms with Gasteiger partial charge in [0.05, 0.1) is 0 Å². The summed E-state index contributed by atoms with van der Waals surface area (Å²) in [6.07, 6.45) is 41.2. The molecule has 0 atom stereocenters. The Morgan fingerprint density at radius 2 is 0.412 bits per heavy atom. The van der Waals surface area contributed by atoms with Crippen molar-refractivity contribution in [2.45, 2.75) is 207 Å². The molecule has 0 fully saturated rings. The molecule has 0 aliphatic carbocycles. The minimum atomic E-state index is 1.03. The van der Waals surface area contributed by atoms with Crippen molar-refractivity contribution in [2.24, 2.45) is 11.8 Å². The zero-order chi connectivity index (χ0) is 25.0. The normalized spacial score (nSPS) is 11.8. The van der Waals surface area contributed by atoms with E-state index in [-0.39, 0.29) is 0 Å². The second-order valence-corrected chi connectivity index (χ2v) is 11.7. The molecule has 0 heterocycles. The maximum atomic E-state index is 2.34. The van der Waals surface area contributed by atoms with E-state index in [0.29, 0.717) is 0 Å². The molecule has 34 heavy (non-hydrogen) atoms. The average Bonchev–Trinajstić information content (AvgIpc) is 2.85. The molecule has 0 nitrogen and oxygen atoms in total. The lowest BCUT2D eigenvalue weighted by atomic mass is 9.78. The maximum Gasteiger partial charge on any atom is -0.0386 e. The standard InChI is InChI=1S/C34H70/c1-5-9-13-17-21-25-29-33(30-26-22-18-14-10-6-2)34(31-27-23-19-15-11-7-3)32-28-24-20-16-12-8-4/h33-34H,5-32H2,1-4H3. The van der Waals surface area contributed by atoms with Crippen LogP contribution in [0, 0.1) is 11.8 Å². The SMILES string of the molecule is CCCCCCCCC(CCCCCCCC)C(CCCCCCCC)CCCCCCCC. The van der Waals surface area contributed by atoms with Gasteiger partial charge >= 0.3 is 0 Å². The van der Waals surface area contributed by atoms with Crippen molar-refractivity contribution in [3.8, 4) is 0 Å². The molecule has 0 aliphatic rings. The summed E-state index contributed by atoms with van der Waals surface area (Å²) < 4.78 is 0. The Kier molecular flexibility index (Phi) is 29.2. The molecule has 0 N–H and O–H groups in total. The largest absolute Gasteiger partial charge is 0.0654 e.